The Morgan fingerprint density at radius 3 is 3.00 bits per heavy atom. The molecule has 1 aliphatic heterocycles. The molecule has 0 aromatic heterocycles. The number of nitrogens with one attached hydrogen (secondary N) is 2. The van der Waals surface area contributed by atoms with Gasteiger partial charge in [-0.2, -0.15) is 0 Å². The van der Waals surface area contributed by atoms with E-state index in [1.807, 2.05) is 32.0 Å². The minimum Gasteiger partial charge on any atom is -0.494 e. The molecule has 19 heavy (non-hydrogen) atoms. The van der Waals surface area contributed by atoms with Crippen molar-refractivity contribution in [2.75, 3.05) is 25.0 Å². The van der Waals surface area contributed by atoms with Gasteiger partial charge in [0.2, 0.25) is 5.91 Å². The summed E-state index contributed by atoms with van der Waals surface area (Å²) in [5.41, 5.74) is 1.91. The van der Waals surface area contributed by atoms with Crippen LogP contribution in [-0.4, -0.2) is 25.6 Å². The number of carbonyl (C=O) groups is 1. The smallest absolute Gasteiger partial charge is 0.224 e. The van der Waals surface area contributed by atoms with Crippen LogP contribution in [0, 0.1) is 12.8 Å². The van der Waals surface area contributed by atoms with Crippen LogP contribution < -0.4 is 15.4 Å². The molecule has 1 heterocycles. The van der Waals surface area contributed by atoms with Gasteiger partial charge in [0.15, 0.2) is 0 Å². The molecule has 0 spiro atoms. The Morgan fingerprint density at radius 2 is 2.37 bits per heavy atom. The van der Waals surface area contributed by atoms with Gasteiger partial charge < -0.3 is 15.4 Å². The second-order valence-electron chi connectivity index (χ2n) is 5.02. The van der Waals surface area contributed by atoms with Crippen molar-refractivity contribution in [1.82, 2.24) is 5.32 Å². The van der Waals surface area contributed by atoms with Crippen LogP contribution in [0.1, 0.15) is 25.3 Å². The van der Waals surface area contributed by atoms with Crippen molar-refractivity contribution in [3.8, 4) is 5.75 Å². The lowest BCUT2D eigenvalue weighted by Crippen LogP contribution is -2.18. The van der Waals surface area contributed by atoms with Crippen LogP contribution in [0.4, 0.5) is 5.69 Å². The minimum atomic E-state index is 0.0981. The molecule has 1 saturated heterocycles. The summed E-state index contributed by atoms with van der Waals surface area (Å²) in [5.74, 6) is 1.42. The molecular formula is C15H22N2O2. The number of carbonyl (C=O) groups excluding carboxylic acids is 1. The highest BCUT2D eigenvalue weighted by Gasteiger charge is 2.18. The number of anilines is 1. The SMILES string of the molecule is CCOc1ccc(NC(=O)CC2CCNC2)c(C)c1. The van der Waals surface area contributed by atoms with Crippen LogP contribution in [0.3, 0.4) is 0 Å². The first-order valence-corrected chi connectivity index (χ1v) is 6.93. The molecule has 4 nitrogen and oxygen atoms in total. The van der Waals surface area contributed by atoms with Gasteiger partial charge in [0.05, 0.1) is 6.61 Å². The van der Waals surface area contributed by atoms with Gasteiger partial charge >= 0.3 is 0 Å². The molecule has 1 amide bonds. The number of ether oxygens (including phenoxy) is 1. The van der Waals surface area contributed by atoms with E-state index in [-0.39, 0.29) is 5.91 Å². The van der Waals surface area contributed by atoms with Crippen LogP contribution in [-0.2, 0) is 4.79 Å². The number of rotatable bonds is 5. The van der Waals surface area contributed by atoms with Gasteiger partial charge in [-0.1, -0.05) is 0 Å². The van der Waals surface area contributed by atoms with Gasteiger partial charge in [0.1, 0.15) is 5.75 Å². The first-order chi connectivity index (χ1) is 9.19. The summed E-state index contributed by atoms with van der Waals surface area (Å²) < 4.78 is 5.43. The number of aryl methyl sites for hydroxylation is 1. The van der Waals surface area contributed by atoms with Crippen LogP contribution in [0.15, 0.2) is 18.2 Å². The van der Waals surface area contributed by atoms with E-state index in [2.05, 4.69) is 10.6 Å². The van der Waals surface area contributed by atoms with Gasteiger partial charge in [0, 0.05) is 12.1 Å². The Balaban J connectivity index is 1.92. The average Bonchev–Trinajstić information content (AvgIpc) is 2.86. The molecule has 0 saturated carbocycles. The van der Waals surface area contributed by atoms with E-state index in [0.29, 0.717) is 18.9 Å². The predicted octanol–water partition coefficient (Wildman–Crippen LogP) is 2.33. The van der Waals surface area contributed by atoms with Crippen molar-refractivity contribution >= 4 is 11.6 Å². The fraction of sp³-hybridized carbons (Fsp3) is 0.533. The molecule has 1 unspecified atom stereocenters. The largest absolute Gasteiger partial charge is 0.494 e. The number of amides is 1. The lowest BCUT2D eigenvalue weighted by molar-refractivity contribution is -0.116. The molecular weight excluding hydrogens is 240 g/mol. The standard InChI is InChI=1S/C15H22N2O2/c1-3-19-13-4-5-14(11(2)8-13)17-15(18)9-12-6-7-16-10-12/h4-5,8,12,16H,3,6-7,9-10H2,1-2H3,(H,17,18). The van der Waals surface area contributed by atoms with E-state index in [0.717, 1.165) is 36.5 Å². The van der Waals surface area contributed by atoms with Crippen LogP contribution in [0.25, 0.3) is 0 Å². The zero-order chi connectivity index (χ0) is 13.7. The van der Waals surface area contributed by atoms with Crippen molar-refractivity contribution in [3.05, 3.63) is 23.8 Å². The third kappa shape index (κ3) is 3.96. The van der Waals surface area contributed by atoms with Crippen LogP contribution in [0.2, 0.25) is 0 Å². The molecule has 0 bridgehead atoms. The van der Waals surface area contributed by atoms with Crippen molar-refractivity contribution < 1.29 is 9.53 Å². The van der Waals surface area contributed by atoms with E-state index in [1.54, 1.807) is 0 Å². The summed E-state index contributed by atoms with van der Waals surface area (Å²) in [6.07, 6.45) is 1.69. The Hall–Kier alpha value is -1.55. The Bertz CT molecular complexity index is 440. The van der Waals surface area contributed by atoms with Gasteiger partial charge in [-0.25, -0.2) is 0 Å². The molecule has 0 radical (unpaired) electrons. The lowest BCUT2D eigenvalue weighted by Gasteiger charge is -2.12. The first-order valence-electron chi connectivity index (χ1n) is 6.93. The van der Waals surface area contributed by atoms with Crippen LogP contribution >= 0.6 is 0 Å². The highest BCUT2D eigenvalue weighted by atomic mass is 16.5. The second-order valence-corrected chi connectivity index (χ2v) is 5.02. The maximum Gasteiger partial charge on any atom is 0.224 e. The molecule has 1 fully saturated rings. The molecule has 0 aliphatic carbocycles. The van der Waals surface area contributed by atoms with Crippen LogP contribution in [0.5, 0.6) is 5.75 Å². The third-order valence-corrected chi connectivity index (χ3v) is 3.42. The summed E-state index contributed by atoms with van der Waals surface area (Å²) in [6.45, 7) is 6.57. The molecule has 2 rings (SSSR count). The molecule has 4 heteroatoms. The van der Waals surface area contributed by atoms with Gasteiger partial charge in [-0.05, 0) is 63.0 Å². The third-order valence-electron chi connectivity index (χ3n) is 3.42. The molecule has 2 N–H and O–H groups in total. The number of benzene rings is 1. The van der Waals surface area contributed by atoms with Gasteiger partial charge in [0.25, 0.3) is 0 Å². The van der Waals surface area contributed by atoms with Crippen molar-refractivity contribution in [2.24, 2.45) is 5.92 Å². The van der Waals surface area contributed by atoms with Gasteiger partial charge in [-0.3, -0.25) is 4.79 Å². The molecule has 1 aliphatic rings. The van der Waals surface area contributed by atoms with Crippen molar-refractivity contribution in [1.29, 1.82) is 0 Å². The summed E-state index contributed by atoms with van der Waals surface area (Å²) in [7, 11) is 0. The Labute approximate surface area is 114 Å². The van der Waals surface area contributed by atoms with Crippen molar-refractivity contribution in [3.63, 3.8) is 0 Å². The van der Waals surface area contributed by atoms with E-state index < -0.39 is 0 Å². The summed E-state index contributed by atoms with van der Waals surface area (Å²) in [6, 6.07) is 5.75. The topological polar surface area (TPSA) is 50.4 Å². The highest BCUT2D eigenvalue weighted by Crippen LogP contribution is 2.22. The van der Waals surface area contributed by atoms with E-state index in [4.69, 9.17) is 4.74 Å². The fourth-order valence-electron chi connectivity index (χ4n) is 2.38. The molecule has 1 atom stereocenters. The predicted molar refractivity (Wildman–Crippen MR) is 76.6 cm³/mol. The summed E-state index contributed by atoms with van der Waals surface area (Å²) >= 11 is 0. The summed E-state index contributed by atoms with van der Waals surface area (Å²) in [5, 5.41) is 6.26. The minimum absolute atomic E-state index is 0.0981. The summed E-state index contributed by atoms with van der Waals surface area (Å²) in [4.78, 5) is 12.0. The Morgan fingerprint density at radius 1 is 1.53 bits per heavy atom. The first kappa shape index (κ1) is 13.9. The van der Waals surface area contributed by atoms with E-state index in [9.17, 15) is 4.79 Å². The zero-order valence-electron chi connectivity index (χ0n) is 11.7. The maximum absolute atomic E-state index is 12.0. The molecule has 104 valence electrons. The fourth-order valence-corrected chi connectivity index (χ4v) is 2.38. The lowest BCUT2D eigenvalue weighted by atomic mass is 10.0. The van der Waals surface area contributed by atoms with E-state index >= 15 is 0 Å². The monoisotopic (exact) mass is 262 g/mol. The maximum atomic E-state index is 12.0. The second kappa shape index (κ2) is 6.57. The number of hydrogen-bond acceptors (Lipinski definition) is 3. The number of hydrogen-bond donors (Lipinski definition) is 2. The average molecular weight is 262 g/mol. The quantitative estimate of drug-likeness (QED) is 0.856. The normalized spacial score (nSPS) is 18.3. The van der Waals surface area contributed by atoms with Gasteiger partial charge in [-0.15, -0.1) is 0 Å². The molecule has 1 aromatic rings. The highest BCUT2D eigenvalue weighted by molar-refractivity contribution is 5.91. The zero-order valence-corrected chi connectivity index (χ0v) is 11.7. The Kier molecular flexibility index (Phi) is 4.80. The van der Waals surface area contributed by atoms with Crippen molar-refractivity contribution in [2.45, 2.75) is 26.7 Å². The molecule has 1 aromatic carbocycles. The van der Waals surface area contributed by atoms with E-state index in [1.165, 1.54) is 0 Å².